The molecular weight excluding hydrogens is 325 g/mol. The summed E-state index contributed by atoms with van der Waals surface area (Å²) in [6.45, 7) is 0. The van der Waals surface area contributed by atoms with Gasteiger partial charge in [-0.25, -0.2) is 9.37 Å². The Morgan fingerprint density at radius 2 is 1.91 bits per heavy atom. The Hall–Kier alpha value is -2.11. The summed E-state index contributed by atoms with van der Waals surface area (Å²) in [6.07, 6.45) is 1.67. The van der Waals surface area contributed by atoms with Crippen molar-refractivity contribution in [2.75, 3.05) is 7.11 Å². The highest BCUT2D eigenvalue weighted by molar-refractivity contribution is 7.18. The number of nitrogens with zero attached hydrogens (tertiary/aromatic N) is 1. The third-order valence-electron chi connectivity index (χ3n) is 3.13. The van der Waals surface area contributed by atoms with Crippen molar-refractivity contribution in [1.29, 1.82) is 0 Å². The van der Waals surface area contributed by atoms with Gasteiger partial charge in [-0.3, -0.25) is 0 Å². The van der Waals surface area contributed by atoms with Crippen LogP contribution in [0.2, 0.25) is 5.02 Å². The first-order valence-corrected chi connectivity index (χ1v) is 7.56. The maximum absolute atomic E-state index is 13.7. The third-order valence-corrected chi connectivity index (χ3v) is 4.48. The molecule has 3 rings (SSSR count). The molecule has 0 aliphatic heterocycles. The van der Waals surface area contributed by atoms with Gasteiger partial charge in [0.2, 0.25) is 0 Å². The van der Waals surface area contributed by atoms with Gasteiger partial charge in [0.25, 0.3) is 0 Å². The highest BCUT2D eigenvalue weighted by Crippen LogP contribution is 2.38. The SMILES string of the molecule is COc1cc(-c2cnc(-c3ccc(Cl)cc3)s2)cc(F)c1O. The zero-order valence-corrected chi connectivity index (χ0v) is 13.1. The molecule has 0 amide bonds. The summed E-state index contributed by atoms with van der Waals surface area (Å²) >= 11 is 7.29. The second-order valence-corrected chi connectivity index (χ2v) is 6.01. The largest absolute Gasteiger partial charge is 0.502 e. The summed E-state index contributed by atoms with van der Waals surface area (Å²) in [4.78, 5) is 5.13. The average molecular weight is 336 g/mol. The monoisotopic (exact) mass is 335 g/mol. The number of hydrogen-bond acceptors (Lipinski definition) is 4. The Bertz CT molecular complexity index is 818. The Kier molecular flexibility index (Phi) is 4.00. The third kappa shape index (κ3) is 2.77. The fraction of sp³-hybridized carbons (Fsp3) is 0.0625. The zero-order chi connectivity index (χ0) is 15.7. The van der Waals surface area contributed by atoms with E-state index in [0.29, 0.717) is 10.6 Å². The molecule has 0 aliphatic carbocycles. The van der Waals surface area contributed by atoms with Gasteiger partial charge in [-0.15, -0.1) is 11.3 Å². The number of ether oxygens (including phenoxy) is 1. The van der Waals surface area contributed by atoms with Crippen molar-refractivity contribution in [1.82, 2.24) is 4.98 Å². The molecule has 0 unspecified atom stereocenters. The van der Waals surface area contributed by atoms with Crippen LogP contribution in [-0.2, 0) is 0 Å². The molecule has 1 aromatic heterocycles. The van der Waals surface area contributed by atoms with Crippen LogP contribution in [0.25, 0.3) is 21.0 Å². The number of aromatic hydroxyl groups is 1. The Morgan fingerprint density at radius 1 is 1.18 bits per heavy atom. The van der Waals surface area contributed by atoms with Crippen LogP contribution in [0.15, 0.2) is 42.6 Å². The van der Waals surface area contributed by atoms with E-state index in [4.69, 9.17) is 16.3 Å². The van der Waals surface area contributed by atoms with Gasteiger partial charge in [-0.05, 0) is 24.3 Å². The summed E-state index contributed by atoms with van der Waals surface area (Å²) in [5.41, 5.74) is 1.54. The quantitative estimate of drug-likeness (QED) is 0.733. The minimum Gasteiger partial charge on any atom is -0.502 e. The van der Waals surface area contributed by atoms with Crippen LogP contribution < -0.4 is 4.74 Å². The van der Waals surface area contributed by atoms with Crippen LogP contribution in [0, 0.1) is 5.82 Å². The van der Waals surface area contributed by atoms with Gasteiger partial charge in [0.1, 0.15) is 5.01 Å². The van der Waals surface area contributed by atoms with Gasteiger partial charge in [-0.2, -0.15) is 0 Å². The number of hydrogen-bond donors (Lipinski definition) is 1. The van der Waals surface area contributed by atoms with E-state index in [1.807, 2.05) is 12.1 Å². The molecule has 6 heteroatoms. The Balaban J connectivity index is 2.00. The molecule has 22 heavy (non-hydrogen) atoms. The predicted octanol–water partition coefficient (Wildman–Crippen LogP) is 4.98. The molecule has 3 nitrogen and oxygen atoms in total. The van der Waals surface area contributed by atoms with E-state index in [9.17, 15) is 9.50 Å². The van der Waals surface area contributed by atoms with Gasteiger partial charge in [0, 0.05) is 22.3 Å². The summed E-state index contributed by atoms with van der Waals surface area (Å²) in [7, 11) is 1.38. The van der Waals surface area contributed by atoms with Crippen molar-refractivity contribution in [3.8, 4) is 32.5 Å². The van der Waals surface area contributed by atoms with E-state index in [0.717, 1.165) is 15.4 Å². The smallest absolute Gasteiger partial charge is 0.194 e. The zero-order valence-electron chi connectivity index (χ0n) is 11.5. The molecule has 0 saturated heterocycles. The fourth-order valence-electron chi connectivity index (χ4n) is 2.01. The normalized spacial score (nSPS) is 10.7. The predicted molar refractivity (Wildman–Crippen MR) is 86.2 cm³/mol. The topological polar surface area (TPSA) is 42.4 Å². The van der Waals surface area contributed by atoms with Crippen LogP contribution in [0.5, 0.6) is 11.5 Å². The lowest BCUT2D eigenvalue weighted by atomic mass is 10.1. The maximum atomic E-state index is 13.7. The highest BCUT2D eigenvalue weighted by atomic mass is 35.5. The second-order valence-electron chi connectivity index (χ2n) is 4.55. The van der Waals surface area contributed by atoms with E-state index in [2.05, 4.69) is 4.98 Å². The highest BCUT2D eigenvalue weighted by Gasteiger charge is 2.14. The number of rotatable bonds is 3. The molecule has 2 aromatic carbocycles. The van der Waals surface area contributed by atoms with Gasteiger partial charge >= 0.3 is 0 Å². The lowest BCUT2D eigenvalue weighted by molar-refractivity contribution is 0.357. The van der Waals surface area contributed by atoms with E-state index < -0.39 is 11.6 Å². The van der Waals surface area contributed by atoms with E-state index in [-0.39, 0.29) is 5.75 Å². The Morgan fingerprint density at radius 3 is 2.59 bits per heavy atom. The van der Waals surface area contributed by atoms with Crippen molar-refractivity contribution < 1.29 is 14.2 Å². The number of phenolic OH excluding ortho intramolecular Hbond substituents is 1. The minimum atomic E-state index is -0.726. The molecule has 0 fully saturated rings. The minimum absolute atomic E-state index is 0.0939. The summed E-state index contributed by atoms with van der Waals surface area (Å²) in [6, 6.07) is 10.2. The molecule has 0 radical (unpaired) electrons. The average Bonchev–Trinajstić information content (AvgIpc) is 3.00. The lowest BCUT2D eigenvalue weighted by Crippen LogP contribution is -1.87. The van der Waals surface area contributed by atoms with Gasteiger partial charge < -0.3 is 9.84 Å². The van der Waals surface area contributed by atoms with Crippen molar-refractivity contribution >= 4 is 22.9 Å². The number of methoxy groups -OCH3 is 1. The first kappa shape index (κ1) is 14.8. The molecule has 0 saturated carbocycles. The molecule has 0 atom stereocenters. The number of phenols is 1. The molecular formula is C16H11ClFNO2S. The van der Waals surface area contributed by atoms with Crippen molar-refractivity contribution in [3.05, 3.63) is 53.4 Å². The molecule has 1 N–H and O–H groups in total. The molecule has 112 valence electrons. The number of thiazole rings is 1. The van der Waals surface area contributed by atoms with Crippen LogP contribution in [0.1, 0.15) is 0 Å². The van der Waals surface area contributed by atoms with Crippen LogP contribution in [0.3, 0.4) is 0 Å². The van der Waals surface area contributed by atoms with Gasteiger partial charge in [0.05, 0.1) is 12.0 Å². The van der Waals surface area contributed by atoms with E-state index >= 15 is 0 Å². The first-order valence-electron chi connectivity index (χ1n) is 6.37. The lowest BCUT2D eigenvalue weighted by Gasteiger charge is -2.06. The fourth-order valence-corrected chi connectivity index (χ4v) is 3.04. The standard InChI is InChI=1S/C16H11ClFNO2S/c1-21-13-7-10(6-12(18)15(13)20)14-8-19-16(22-14)9-2-4-11(17)5-3-9/h2-8,20H,1H3. The van der Waals surface area contributed by atoms with Crippen LogP contribution in [-0.4, -0.2) is 17.2 Å². The number of benzene rings is 2. The van der Waals surface area contributed by atoms with Crippen molar-refractivity contribution in [2.45, 2.75) is 0 Å². The first-order chi connectivity index (χ1) is 10.6. The molecule has 1 heterocycles. The second kappa shape index (κ2) is 5.94. The summed E-state index contributed by atoms with van der Waals surface area (Å²) < 4.78 is 18.7. The number of aromatic nitrogens is 1. The number of halogens is 2. The van der Waals surface area contributed by atoms with Crippen LogP contribution in [0.4, 0.5) is 4.39 Å². The molecule has 0 bridgehead atoms. The van der Waals surface area contributed by atoms with E-state index in [1.54, 1.807) is 24.4 Å². The van der Waals surface area contributed by atoms with Crippen LogP contribution >= 0.6 is 22.9 Å². The molecule has 3 aromatic rings. The maximum Gasteiger partial charge on any atom is 0.194 e. The Labute approximate surface area is 135 Å². The van der Waals surface area contributed by atoms with Gasteiger partial charge in [0.15, 0.2) is 17.3 Å². The van der Waals surface area contributed by atoms with Crippen molar-refractivity contribution in [2.24, 2.45) is 0 Å². The van der Waals surface area contributed by atoms with E-state index in [1.165, 1.54) is 24.5 Å². The summed E-state index contributed by atoms with van der Waals surface area (Å²) in [5, 5.41) is 11.0. The molecule has 0 spiro atoms. The van der Waals surface area contributed by atoms with Crippen molar-refractivity contribution in [3.63, 3.8) is 0 Å². The molecule has 0 aliphatic rings. The summed E-state index contributed by atoms with van der Waals surface area (Å²) in [5.74, 6) is -1.12. The van der Waals surface area contributed by atoms with Gasteiger partial charge in [-0.1, -0.05) is 23.7 Å².